The number of hydrogen-bond acceptors (Lipinski definition) is 1. The average Bonchev–Trinajstić information content (AvgIpc) is 2.52. The molecule has 0 fully saturated rings. The summed E-state index contributed by atoms with van der Waals surface area (Å²) in [5.74, 6) is -0.151. The summed E-state index contributed by atoms with van der Waals surface area (Å²) >= 11 is 0. The topological polar surface area (TPSA) is 3.24 Å². The monoisotopic (exact) mass is 281 g/mol. The highest BCUT2D eigenvalue weighted by molar-refractivity contribution is 5.65. The Kier molecular flexibility index (Phi) is 2.99. The van der Waals surface area contributed by atoms with Gasteiger partial charge in [-0.15, -0.1) is 0 Å². The third-order valence-corrected chi connectivity index (χ3v) is 5.05. The zero-order valence-electron chi connectivity index (χ0n) is 12.3. The molecule has 2 aliphatic heterocycles. The average molecular weight is 281 g/mol. The molecule has 0 saturated heterocycles. The Morgan fingerprint density at radius 3 is 2.33 bits per heavy atom. The molecule has 0 aliphatic carbocycles. The minimum absolute atomic E-state index is 0.151. The Labute approximate surface area is 125 Å². The van der Waals surface area contributed by atoms with Crippen LogP contribution in [0.5, 0.6) is 0 Å². The second-order valence-electron chi connectivity index (χ2n) is 6.33. The highest BCUT2D eigenvalue weighted by atomic mass is 19.1. The summed E-state index contributed by atoms with van der Waals surface area (Å²) in [5.41, 5.74) is 5.66. The van der Waals surface area contributed by atoms with E-state index in [2.05, 4.69) is 30.0 Å². The summed E-state index contributed by atoms with van der Waals surface area (Å²) in [6.45, 7) is 2.32. The van der Waals surface area contributed by atoms with Crippen molar-refractivity contribution < 1.29 is 4.39 Å². The van der Waals surface area contributed by atoms with Crippen LogP contribution in [0.2, 0.25) is 0 Å². The van der Waals surface area contributed by atoms with E-state index in [9.17, 15) is 4.39 Å². The molecular weight excluding hydrogens is 261 g/mol. The minimum atomic E-state index is -0.151. The predicted molar refractivity (Wildman–Crippen MR) is 84.2 cm³/mol. The van der Waals surface area contributed by atoms with Gasteiger partial charge in [-0.1, -0.05) is 30.3 Å². The Balaban J connectivity index is 1.81. The van der Waals surface area contributed by atoms with E-state index in [1.807, 2.05) is 12.1 Å². The molecule has 1 nitrogen and oxygen atoms in total. The Morgan fingerprint density at radius 2 is 1.62 bits per heavy atom. The molecular formula is C19H20FN. The van der Waals surface area contributed by atoms with Crippen LogP contribution in [-0.4, -0.2) is 6.04 Å². The maximum atomic E-state index is 13.2. The van der Waals surface area contributed by atoms with Crippen molar-refractivity contribution in [1.82, 2.24) is 0 Å². The van der Waals surface area contributed by atoms with E-state index in [1.165, 1.54) is 35.2 Å². The van der Waals surface area contributed by atoms with Gasteiger partial charge in [0.1, 0.15) is 5.82 Å². The van der Waals surface area contributed by atoms with Crippen molar-refractivity contribution in [2.75, 3.05) is 4.90 Å². The smallest absolute Gasteiger partial charge is 0.123 e. The zero-order valence-corrected chi connectivity index (χ0v) is 12.3. The van der Waals surface area contributed by atoms with Crippen LogP contribution < -0.4 is 4.90 Å². The van der Waals surface area contributed by atoms with Crippen molar-refractivity contribution in [3.8, 4) is 0 Å². The first-order valence-corrected chi connectivity index (χ1v) is 7.88. The highest BCUT2D eigenvalue weighted by Gasteiger charge is 2.34. The lowest BCUT2D eigenvalue weighted by molar-refractivity contribution is 0.454. The van der Waals surface area contributed by atoms with Gasteiger partial charge in [0.05, 0.1) is 6.04 Å². The molecule has 0 amide bonds. The second-order valence-corrected chi connectivity index (χ2v) is 6.33. The first-order chi connectivity index (χ1) is 10.2. The quantitative estimate of drug-likeness (QED) is 0.735. The van der Waals surface area contributed by atoms with E-state index in [0.717, 1.165) is 12.8 Å². The lowest BCUT2D eigenvalue weighted by Gasteiger charge is -2.47. The van der Waals surface area contributed by atoms with Gasteiger partial charge in [-0.25, -0.2) is 4.39 Å². The molecule has 2 aromatic rings. The van der Waals surface area contributed by atoms with Crippen molar-refractivity contribution in [3.63, 3.8) is 0 Å². The van der Waals surface area contributed by atoms with E-state index >= 15 is 0 Å². The number of para-hydroxylation sites is 1. The number of anilines is 1. The molecule has 4 rings (SSSR count). The lowest BCUT2D eigenvalue weighted by Crippen LogP contribution is -2.43. The number of halogens is 1. The first kappa shape index (κ1) is 12.9. The van der Waals surface area contributed by atoms with Crippen molar-refractivity contribution in [2.24, 2.45) is 0 Å². The van der Waals surface area contributed by atoms with Crippen molar-refractivity contribution in [1.29, 1.82) is 0 Å². The van der Waals surface area contributed by atoms with Crippen LogP contribution in [0.4, 0.5) is 10.1 Å². The number of rotatable bonds is 1. The summed E-state index contributed by atoms with van der Waals surface area (Å²) in [4.78, 5) is 2.59. The normalized spacial score (nSPS) is 23.8. The molecule has 0 N–H and O–H groups in total. The molecule has 0 bridgehead atoms. The molecule has 0 unspecified atom stereocenters. The molecule has 2 heteroatoms. The molecule has 0 saturated carbocycles. The van der Waals surface area contributed by atoms with E-state index in [4.69, 9.17) is 0 Å². The number of hydrogen-bond donors (Lipinski definition) is 0. The maximum Gasteiger partial charge on any atom is 0.123 e. The van der Waals surface area contributed by atoms with Crippen molar-refractivity contribution in [3.05, 3.63) is 65.0 Å². The number of nitrogens with zero attached hydrogens (tertiary/aromatic N) is 1. The third-order valence-electron chi connectivity index (χ3n) is 5.05. The van der Waals surface area contributed by atoms with Crippen LogP contribution in [0.15, 0.2) is 42.5 Å². The molecule has 2 heterocycles. The van der Waals surface area contributed by atoms with Gasteiger partial charge in [0.25, 0.3) is 0 Å². The standard InChI is InChI=1S/C19H20FN/c1-13-5-6-15-3-2-4-16-9-12-18(21(13)19(15)16)14-7-10-17(20)11-8-14/h2-4,7-8,10-11,13,18H,5-6,9,12H2,1H3/t13-,18-/m1/s1. The minimum Gasteiger partial charge on any atom is -0.361 e. The molecule has 2 atom stereocenters. The van der Waals surface area contributed by atoms with Gasteiger partial charge < -0.3 is 4.90 Å². The fourth-order valence-electron chi connectivity index (χ4n) is 4.01. The van der Waals surface area contributed by atoms with Crippen LogP contribution in [0.1, 0.15) is 42.5 Å². The van der Waals surface area contributed by atoms with Crippen LogP contribution in [0.3, 0.4) is 0 Å². The molecule has 0 radical (unpaired) electrons. The van der Waals surface area contributed by atoms with E-state index in [0.29, 0.717) is 12.1 Å². The van der Waals surface area contributed by atoms with Crippen LogP contribution in [-0.2, 0) is 12.8 Å². The zero-order chi connectivity index (χ0) is 14.4. The molecule has 2 aromatic carbocycles. The highest BCUT2D eigenvalue weighted by Crippen LogP contribution is 2.45. The summed E-state index contributed by atoms with van der Waals surface area (Å²) in [6.07, 6.45) is 4.62. The van der Waals surface area contributed by atoms with Crippen LogP contribution in [0.25, 0.3) is 0 Å². The van der Waals surface area contributed by atoms with E-state index in [-0.39, 0.29) is 5.82 Å². The van der Waals surface area contributed by atoms with Gasteiger partial charge in [0.2, 0.25) is 0 Å². The molecule has 108 valence electrons. The fourth-order valence-corrected chi connectivity index (χ4v) is 4.01. The van der Waals surface area contributed by atoms with Crippen LogP contribution >= 0.6 is 0 Å². The van der Waals surface area contributed by atoms with Gasteiger partial charge in [-0.3, -0.25) is 0 Å². The molecule has 0 aromatic heterocycles. The number of aryl methyl sites for hydroxylation is 2. The van der Waals surface area contributed by atoms with Gasteiger partial charge in [-0.2, -0.15) is 0 Å². The Bertz CT molecular complexity index is 648. The van der Waals surface area contributed by atoms with Gasteiger partial charge in [-0.05, 0) is 61.4 Å². The third kappa shape index (κ3) is 2.05. The Morgan fingerprint density at radius 1 is 0.952 bits per heavy atom. The Hall–Kier alpha value is -1.83. The van der Waals surface area contributed by atoms with Crippen molar-refractivity contribution in [2.45, 2.75) is 44.7 Å². The maximum absolute atomic E-state index is 13.2. The number of benzene rings is 2. The van der Waals surface area contributed by atoms with Crippen molar-refractivity contribution >= 4 is 5.69 Å². The van der Waals surface area contributed by atoms with E-state index in [1.54, 1.807) is 12.1 Å². The summed E-state index contributed by atoms with van der Waals surface area (Å²) in [7, 11) is 0. The fraction of sp³-hybridized carbons (Fsp3) is 0.368. The first-order valence-electron chi connectivity index (χ1n) is 7.88. The largest absolute Gasteiger partial charge is 0.361 e. The SMILES string of the molecule is C[C@@H]1CCc2cccc3c2N1[C@@H](c1ccc(F)cc1)CC3. The van der Waals surface area contributed by atoms with Crippen LogP contribution in [0, 0.1) is 5.82 Å². The predicted octanol–water partition coefficient (Wildman–Crippen LogP) is 4.65. The van der Waals surface area contributed by atoms with Gasteiger partial charge in [0, 0.05) is 11.7 Å². The van der Waals surface area contributed by atoms with E-state index < -0.39 is 0 Å². The lowest BCUT2D eigenvalue weighted by atomic mass is 9.83. The second kappa shape index (κ2) is 4.87. The molecule has 21 heavy (non-hydrogen) atoms. The van der Waals surface area contributed by atoms with Gasteiger partial charge in [0.15, 0.2) is 0 Å². The summed E-state index contributed by atoms with van der Waals surface area (Å²) < 4.78 is 13.2. The van der Waals surface area contributed by atoms with Gasteiger partial charge >= 0.3 is 0 Å². The molecule has 2 aliphatic rings. The summed E-state index contributed by atoms with van der Waals surface area (Å²) in [5, 5.41) is 0. The summed E-state index contributed by atoms with van der Waals surface area (Å²) in [6, 6.07) is 14.7. The molecule has 0 spiro atoms.